The van der Waals surface area contributed by atoms with Crippen LogP contribution in [0.2, 0.25) is 0 Å². The second kappa shape index (κ2) is 15.4. The number of halogens is 2. The van der Waals surface area contributed by atoms with Crippen molar-refractivity contribution in [3.05, 3.63) is 95.8 Å². The Morgan fingerprint density at radius 2 is 1.06 bits per heavy atom. The molecule has 0 nitrogen and oxygen atoms in total. The third-order valence-corrected chi connectivity index (χ3v) is 7.12. The number of rotatable bonds is 11. The Morgan fingerprint density at radius 1 is 0.667 bits per heavy atom. The van der Waals surface area contributed by atoms with E-state index in [1.807, 2.05) is 0 Å². The molecule has 2 aromatic carbocycles. The van der Waals surface area contributed by atoms with E-state index < -0.39 is 0 Å². The molecule has 174 valence electrons. The minimum atomic E-state index is 0. The second-order valence-electron chi connectivity index (χ2n) is 8.99. The van der Waals surface area contributed by atoms with E-state index in [1.165, 1.54) is 60.8 Å². The van der Waals surface area contributed by atoms with Crippen molar-refractivity contribution in [2.45, 2.75) is 64.2 Å². The fourth-order valence-electron chi connectivity index (χ4n) is 5.45. The summed E-state index contributed by atoms with van der Waals surface area (Å²) in [7, 11) is 0. The molecule has 0 heterocycles. The molecule has 2 aromatic rings. The van der Waals surface area contributed by atoms with Crippen molar-refractivity contribution >= 4 is 12.2 Å². The van der Waals surface area contributed by atoms with E-state index in [0.29, 0.717) is 23.7 Å². The molecule has 0 saturated carbocycles. The molecule has 0 amide bonds. The number of hydrogen-bond acceptors (Lipinski definition) is 0. The smallest absolute Gasteiger partial charge is 1.00 e. The Kier molecular flexibility index (Phi) is 14.2. The van der Waals surface area contributed by atoms with Gasteiger partial charge in [-0.25, -0.2) is 0 Å². The van der Waals surface area contributed by atoms with Crippen LogP contribution < -0.4 is 24.8 Å². The first-order chi connectivity index (χ1) is 14.8. The van der Waals surface area contributed by atoms with Gasteiger partial charge in [0.1, 0.15) is 0 Å². The van der Waals surface area contributed by atoms with E-state index in [4.69, 9.17) is 0 Å². The summed E-state index contributed by atoms with van der Waals surface area (Å²) in [5, 5.41) is 0. The third-order valence-electron chi connectivity index (χ3n) is 7.12. The largest absolute Gasteiger partial charge is 4.00 e. The molecular weight excluding hydrogens is 522 g/mol. The third kappa shape index (κ3) is 7.43. The quantitative estimate of drug-likeness (QED) is 0.372. The average molecular weight is 559 g/mol. The maximum absolute atomic E-state index is 2.50. The SMILES string of the molecule is CC[CH-]CC(CCC(C[CH-]CC)C1C=Cc2ccccc21)C1C=Cc2ccccc21.[Cl-].[Cl-].[Zr+4]. The van der Waals surface area contributed by atoms with Gasteiger partial charge in [0, 0.05) is 11.8 Å². The zero-order valence-electron chi connectivity index (χ0n) is 19.9. The summed E-state index contributed by atoms with van der Waals surface area (Å²) < 4.78 is 0. The van der Waals surface area contributed by atoms with E-state index >= 15 is 0 Å². The van der Waals surface area contributed by atoms with Gasteiger partial charge in [-0.3, -0.25) is 0 Å². The Bertz CT molecular complexity index is 815. The van der Waals surface area contributed by atoms with Crippen molar-refractivity contribution in [3.63, 3.8) is 0 Å². The molecule has 0 aliphatic heterocycles. The Balaban J connectivity index is 0.00000181. The van der Waals surface area contributed by atoms with Gasteiger partial charge < -0.3 is 37.7 Å². The van der Waals surface area contributed by atoms with E-state index in [9.17, 15) is 0 Å². The molecule has 4 unspecified atom stereocenters. The monoisotopic (exact) mass is 556 g/mol. The van der Waals surface area contributed by atoms with Crippen LogP contribution in [0.1, 0.15) is 86.5 Å². The predicted molar refractivity (Wildman–Crippen MR) is 131 cm³/mol. The molecule has 4 atom stereocenters. The van der Waals surface area contributed by atoms with E-state index in [-0.39, 0.29) is 51.0 Å². The molecule has 33 heavy (non-hydrogen) atoms. The van der Waals surface area contributed by atoms with Gasteiger partial charge in [-0.05, 0) is 22.3 Å². The normalized spacial score (nSPS) is 19.0. The van der Waals surface area contributed by atoms with Crippen LogP contribution in [0.15, 0.2) is 60.7 Å². The van der Waals surface area contributed by atoms with Crippen LogP contribution >= 0.6 is 0 Å². The van der Waals surface area contributed by atoms with Crippen molar-refractivity contribution in [2.75, 3.05) is 0 Å². The molecule has 3 heteroatoms. The Labute approximate surface area is 233 Å². The molecular formula is C30H36Cl2Zr. The molecule has 0 saturated heterocycles. The van der Waals surface area contributed by atoms with Crippen molar-refractivity contribution in [3.8, 4) is 0 Å². The van der Waals surface area contributed by atoms with Crippen molar-refractivity contribution in [1.82, 2.24) is 0 Å². The first kappa shape index (κ1) is 30.4. The summed E-state index contributed by atoms with van der Waals surface area (Å²) in [6, 6.07) is 18.0. The maximum Gasteiger partial charge on any atom is 4.00 e. The van der Waals surface area contributed by atoms with Crippen LogP contribution in [-0.2, 0) is 26.2 Å². The zero-order chi connectivity index (χ0) is 20.8. The summed E-state index contributed by atoms with van der Waals surface area (Å²) in [4.78, 5) is 0. The molecule has 0 bridgehead atoms. The van der Waals surface area contributed by atoms with Crippen LogP contribution in [0.5, 0.6) is 0 Å². The summed E-state index contributed by atoms with van der Waals surface area (Å²) >= 11 is 0. The van der Waals surface area contributed by atoms with Crippen LogP contribution in [0.4, 0.5) is 0 Å². The van der Waals surface area contributed by atoms with E-state index in [1.54, 1.807) is 0 Å². The van der Waals surface area contributed by atoms with E-state index in [2.05, 4.69) is 99.5 Å². The second-order valence-corrected chi connectivity index (χ2v) is 8.99. The van der Waals surface area contributed by atoms with Crippen molar-refractivity contribution in [2.24, 2.45) is 11.8 Å². The van der Waals surface area contributed by atoms with Crippen LogP contribution in [0.25, 0.3) is 12.2 Å². The van der Waals surface area contributed by atoms with Gasteiger partial charge >= 0.3 is 26.2 Å². The molecule has 0 aromatic heterocycles. The summed E-state index contributed by atoms with van der Waals surface area (Å²) in [5.74, 6) is 2.56. The number of unbranched alkanes of at least 4 members (excludes halogenated alkanes) is 2. The summed E-state index contributed by atoms with van der Waals surface area (Å²) in [6.45, 7) is 4.55. The van der Waals surface area contributed by atoms with Gasteiger partial charge in [-0.15, -0.1) is 0 Å². The molecule has 4 rings (SSSR count). The summed E-state index contributed by atoms with van der Waals surface area (Å²) in [6.07, 6.45) is 22.0. The molecule has 2 aliphatic carbocycles. The Hall–Kier alpha value is -0.617. The van der Waals surface area contributed by atoms with Gasteiger partial charge in [0.2, 0.25) is 0 Å². The van der Waals surface area contributed by atoms with Gasteiger partial charge in [0.15, 0.2) is 0 Å². The van der Waals surface area contributed by atoms with Gasteiger partial charge in [0.05, 0.1) is 0 Å². The van der Waals surface area contributed by atoms with Gasteiger partial charge in [0.25, 0.3) is 0 Å². The van der Waals surface area contributed by atoms with Crippen molar-refractivity contribution < 1.29 is 51.0 Å². The first-order valence-corrected chi connectivity index (χ1v) is 12.0. The molecule has 0 N–H and O–H groups in total. The van der Waals surface area contributed by atoms with Crippen LogP contribution in [-0.4, -0.2) is 0 Å². The molecule has 0 fully saturated rings. The van der Waals surface area contributed by atoms with Crippen LogP contribution in [0.3, 0.4) is 0 Å². The Morgan fingerprint density at radius 3 is 1.45 bits per heavy atom. The zero-order valence-corrected chi connectivity index (χ0v) is 23.9. The number of allylic oxidation sites excluding steroid dienone is 2. The van der Waals surface area contributed by atoms with Crippen molar-refractivity contribution in [1.29, 1.82) is 0 Å². The number of fused-ring (bicyclic) bond motifs is 2. The fraction of sp³-hybridized carbons (Fsp3) is 0.400. The first-order valence-electron chi connectivity index (χ1n) is 12.0. The van der Waals surface area contributed by atoms with E-state index in [0.717, 1.165) is 0 Å². The number of hydrogen-bond donors (Lipinski definition) is 0. The maximum atomic E-state index is 2.50. The van der Waals surface area contributed by atoms with Gasteiger partial charge in [-0.2, -0.15) is 25.7 Å². The topological polar surface area (TPSA) is 0 Å². The average Bonchev–Trinajstić information content (AvgIpc) is 3.40. The summed E-state index contributed by atoms with van der Waals surface area (Å²) in [5.41, 5.74) is 5.92. The van der Waals surface area contributed by atoms with Crippen LogP contribution in [0, 0.1) is 24.7 Å². The standard InChI is InChI=1S/C30H36.2ClH.Zr/c1-3-5-11-23(29-21-19-25-13-7-9-15-27(25)29)17-18-24(12-6-4-2)30-22-20-26-14-8-10-16-28(26)30;;;/h5-10,13-16,19-24,29-30H,3-4,11-12,17-18H2,1-2H3;2*1H;/q-2;;;+4/p-2. The predicted octanol–water partition coefficient (Wildman–Crippen LogP) is 2.63. The molecule has 2 aliphatic rings. The minimum absolute atomic E-state index is 0. The minimum Gasteiger partial charge on any atom is -1.00 e. The fourth-order valence-corrected chi connectivity index (χ4v) is 5.45. The number of benzene rings is 2. The van der Waals surface area contributed by atoms with Gasteiger partial charge in [-0.1, -0.05) is 111 Å². The molecule has 0 radical (unpaired) electrons. The molecule has 0 spiro atoms.